The minimum Gasteiger partial charge on any atom is -0.484 e. The number of carbonyl (C=O) groups excluding carboxylic acids is 1. The van der Waals surface area contributed by atoms with Crippen molar-refractivity contribution in [2.24, 2.45) is 0 Å². The lowest BCUT2D eigenvalue weighted by Gasteiger charge is -2.08. The third-order valence-electron chi connectivity index (χ3n) is 3.00. The molecule has 0 fully saturated rings. The van der Waals surface area contributed by atoms with Gasteiger partial charge in [0.15, 0.2) is 11.8 Å². The Labute approximate surface area is 135 Å². The third-order valence-corrected chi connectivity index (χ3v) is 3.30. The smallest absolute Gasteiger partial charge is 0.336 e. The zero-order valence-electron chi connectivity index (χ0n) is 11.8. The number of halogens is 1. The largest absolute Gasteiger partial charge is 0.484 e. The first-order chi connectivity index (χ1) is 11.1. The maximum atomic E-state index is 11.9. The lowest BCUT2D eigenvalue weighted by Crippen LogP contribution is -2.20. The van der Waals surface area contributed by atoms with Gasteiger partial charge in [0, 0.05) is 23.7 Å². The summed E-state index contributed by atoms with van der Waals surface area (Å²) in [5.74, 6) is 0.0359. The first-order valence-corrected chi connectivity index (χ1v) is 7.07. The monoisotopic (exact) mass is 330 g/mol. The Kier molecular flexibility index (Phi) is 4.25. The van der Waals surface area contributed by atoms with E-state index >= 15 is 0 Å². The number of fused-ring (bicyclic) bond motifs is 1. The van der Waals surface area contributed by atoms with Gasteiger partial charge in [-0.3, -0.25) is 4.79 Å². The molecular formula is C16H11ClN2O4. The highest BCUT2D eigenvalue weighted by molar-refractivity contribution is 6.32. The molecule has 0 aliphatic heterocycles. The van der Waals surface area contributed by atoms with E-state index in [1.165, 1.54) is 12.3 Å². The summed E-state index contributed by atoms with van der Waals surface area (Å²) in [7, 11) is 0. The van der Waals surface area contributed by atoms with Crippen molar-refractivity contribution in [3.8, 4) is 5.75 Å². The quantitative estimate of drug-likeness (QED) is 0.587. The van der Waals surface area contributed by atoms with Crippen LogP contribution in [0, 0.1) is 0 Å². The zero-order chi connectivity index (χ0) is 16.2. The van der Waals surface area contributed by atoms with Crippen molar-refractivity contribution >= 4 is 34.2 Å². The number of anilines is 1. The Morgan fingerprint density at radius 3 is 2.91 bits per heavy atom. The molecule has 116 valence electrons. The minimum atomic E-state index is -0.446. The highest BCUT2D eigenvalue weighted by atomic mass is 35.5. The maximum Gasteiger partial charge on any atom is 0.336 e. The minimum absolute atomic E-state index is 0.202. The summed E-state index contributed by atoms with van der Waals surface area (Å²) in [4.78, 5) is 26.9. The van der Waals surface area contributed by atoms with Gasteiger partial charge in [-0.2, -0.15) is 0 Å². The summed E-state index contributed by atoms with van der Waals surface area (Å²) in [5.41, 5.74) is 0.358. The molecular weight excluding hydrogens is 320 g/mol. The van der Waals surface area contributed by atoms with E-state index in [4.69, 9.17) is 20.8 Å². The van der Waals surface area contributed by atoms with Gasteiger partial charge in [-0.1, -0.05) is 11.6 Å². The zero-order valence-corrected chi connectivity index (χ0v) is 12.5. The van der Waals surface area contributed by atoms with Gasteiger partial charge in [-0.15, -0.1) is 0 Å². The normalized spacial score (nSPS) is 10.5. The Morgan fingerprint density at radius 1 is 1.26 bits per heavy atom. The number of amides is 1. The fourth-order valence-electron chi connectivity index (χ4n) is 1.95. The van der Waals surface area contributed by atoms with Gasteiger partial charge in [0.05, 0.1) is 5.69 Å². The van der Waals surface area contributed by atoms with E-state index in [0.29, 0.717) is 17.0 Å². The van der Waals surface area contributed by atoms with Gasteiger partial charge >= 0.3 is 5.63 Å². The molecule has 1 aromatic carbocycles. The molecule has 0 saturated heterocycles. The number of benzene rings is 1. The van der Waals surface area contributed by atoms with E-state index in [2.05, 4.69) is 10.3 Å². The molecule has 7 heteroatoms. The fourth-order valence-corrected chi connectivity index (χ4v) is 2.11. The summed E-state index contributed by atoms with van der Waals surface area (Å²) in [6, 6.07) is 11.3. The van der Waals surface area contributed by atoms with E-state index in [-0.39, 0.29) is 17.7 Å². The molecule has 0 radical (unpaired) electrons. The molecule has 0 unspecified atom stereocenters. The van der Waals surface area contributed by atoms with Gasteiger partial charge < -0.3 is 14.5 Å². The first-order valence-electron chi connectivity index (χ1n) is 6.69. The summed E-state index contributed by atoms with van der Waals surface area (Å²) < 4.78 is 10.4. The lowest BCUT2D eigenvalue weighted by atomic mass is 10.2. The van der Waals surface area contributed by atoms with E-state index in [1.807, 2.05) is 0 Å². The summed E-state index contributed by atoms with van der Waals surface area (Å²) in [6.07, 6.45) is 1.53. The van der Waals surface area contributed by atoms with Gasteiger partial charge in [-0.25, -0.2) is 9.78 Å². The van der Waals surface area contributed by atoms with Gasteiger partial charge in [0.25, 0.3) is 5.91 Å². The van der Waals surface area contributed by atoms with Crippen molar-refractivity contribution in [2.75, 3.05) is 11.9 Å². The predicted molar refractivity (Wildman–Crippen MR) is 85.9 cm³/mol. The molecule has 1 amide bonds. The number of nitrogens with zero attached hydrogens (tertiary/aromatic N) is 1. The number of hydrogen-bond acceptors (Lipinski definition) is 5. The molecule has 2 heterocycles. The van der Waals surface area contributed by atoms with Gasteiger partial charge in [0.1, 0.15) is 11.3 Å². The molecule has 0 aliphatic rings. The van der Waals surface area contributed by atoms with Crippen LogP contribution in [0.4, 0.5) is 5.69 Å². The fraction of sp³-hybridized carbons (Fsp3) is 0.0625. The van der Waals surface area contributed by atoms with E-state index in [1.54, 1.807) is 36.4 Å². The van der Waals surface area contributed by atoms with Crippen LogP contribution in [-0.4, -0.2) is 17.5 Å². The SMILES string of the molecule is O=C(COc1ccc2ccc(=O)oc2c1)Nc1cccnc1Cl. The van der Waals surface area contributed by atoms with Crippen molar-refractivity contribution in [1.29, 1.82) is 0 Å². The van der Waals surface area contributed by atoms with Crippen LogP contribution in [0.15, 0.2) is 57.9 Å². The van der Waals surface area contributed by atoms with Gasteiger partial charge in [-0.05, 0) is 30.3 Å². The molecule has 3 aromatic rings. The van der Waals surface area contributed by atoms with Crippen LogP contribution in [0.3, 0.4) is 0 Å². The average molecular weight is 331 g/mol. The van der Waals surface area contributed by atoms with Crippen molar-refractivity contribution < 1.29 is 13.9 Å². The van der Waals surface area contributed by atoms with Crippen molar-refractivity contribution in [1.82, 2.24) is 4.98 Å². The number of carbonyl (C=O) groups is 1. The number of pyridine rings is 1. The van der Waals surface area contributed by atoms with Crippen LogP contribution in [0.2, 0.25) is 5.15 Å². The number of aromatic nitrogens is 1. The number of hydrogen-bond donors (Lipinski definition) is 1. The Balaban J connectivity index is 1.67. The summed E-state index contributed by atoms with van der Waals surface area (Å²) >= 11 is 5.86. The Hall–Kier alpha value is -2.86. The molecule has 3 rings (SSSR count). The van der Waals surface area contributed by atoms with E-state index in [9.17, 15) is 9.59 Å². The van der Waals surface area contributed by atoms with Crippen LogP contribution >= 0.6 is 11.6 Å². The van der Waals surface area contributed by atoms with Crippen molar-refractivity contribution in [3.63, 3.8) is 0 Å². The van der Waals surface area contributed by atoms with Crippen molar-refractivity contribution in [3.05, 3.63) is 64.2 Å². The summed E-state index contributed by atoms with van der Waals surface area (Å²) in [5, 5.41) is 3.56. The third kappa shape index (κ3) is 3.67. The molecule has 6 nitrogen and oxygen atoms in total. The number of ether oxygens (including phenoxy) is 1. The molecule has 1 N–H and O–H groups in total. The highest BCUT2D eigenvalue weighted by Crippen LogP contribution is 2.20. The molecule has 23 heavy (non-hydrogen) atoms. The van der Waals surface area contributed by atoms with Crippen LogP contribution in [0.1, 0.15) is 0 Å². The second-order valence-electron chi connectivity index (χ2n) is 4.63. The topological polar surface area (TPSA) is 81.4 Å². The Morgan fingerprint density at radius 2 is 2.09 bits per heavy atom. The van der Waals surface area contributed by atoms with Crippen LogP contribution in [-0.2, 0) is 4.79 Å². The molecule has 0 spiro atoms. The molecule has 0 saturated carbocycles. The molecule has 2 aromatic heterocycles. The average Bonchev–Trinajstić information content (AvgIpc) is 2.54. The highest BCUT2D eigenvalue weighted by Gasteiger charge is 2.08. The van der Waals surface area contributed by atoms with Crippen LogP contribution in [0.5, 0.6) is 5.75 Å². The maximum absolute atomic E-state index is 11.9. The van der Waals surface area contributed by atoms with Crippen LogP contribution < -0.4 is 15.7 Å². The molecule has 0 bridgehead atoms. The predicted octanol–water partition coefficient (Wildman–Crippen LogP) is 2.86. The number of rotatable bonds is 4. The van der Waals surface area contributed by atoms with Crippen molar-refractivity contribution in [2.45, 2.75) is 0 Å². The first kappa shape index (κ1) is 15.1. The number of nitrogens with one attached hydrogen (secondary N) is 1. The van der Waals surface area contributed by atoms with E-state index < -0.39 is 5.63 Å². The Bertz CT molecular complexity index is 923. The van der Waals surface area contributed by atoms with Crippen LogP contribution in [0.25, 0.3) is 11.0 Å². The molecule has 0 aliphatic carbocycles. The lowest BCUT2D eigenvalue weighted by molar-refractivity contribution is -0.118. The summed E-state index contributed by atoms with van der Waals surface area (Å²) in [6.45, 7) is -0.214. The van der Waals surface area contributed by atoms with E-state index in [0.717, 1.165) is 5.39 Å². The standard InChI is InChI=1S/C16H11ClN2O4/c17-16-12(2-1-7-18-16)19-14(20)9-22-11-5-3-10-4-6-15(21)23-13(10)8-11/h1-8H,9H2,(H,19,20). The molecule has 0 atom stereocenters. The second-order valence-corrected chi connectivity index (χ2v) is 4.99. The second kappa shape index (κ2) is 6.50. The van der Waals surface area contributed by atoms with Gasteiger partial charge in [0.2, 0.25) is 0 Å².